The Morgan fingerprint density at radius 2 is 2.21 bits per heavy atom. The first-order valence-electron chi connectivity index (χ1n) is 4.56. The van der Waals surface area contributed by atoms with Crippen molar-refractivity contribution in [2.24, 2.45) is 11.6 Å². The lowest BCUT2D eigenvalue weighted by atomic mass is 10.1. The highest BCUT2D eigenvalue weighted by molar-refractivity contribution is 5.58. The van der Waals surface area contributed by atoms with Crippen LogP contribution in [0.1, 0.15) is 11.1 Å². The summed E-state index contributed by atoms with van der Waals surface area (Å²) in [5.74, 6) is 5.82. The first-order valence-corrected chi connectivity index (χ1v) is 4.56. The maximum Gasteiger partial charge on any atom is 0.0617 e. The summed E-state index contributed by atoms with van der Waals surface area (Å²) >= 11 is 0. The highest BCUT2D eigenvalue weighted by Gasteiger charge is 2.15. The molecule has 0 saturated heterocycles. The maximum absolute atomic E-state index is 5.82. The molecule has 0 aromatic heterocycles. The number of nitrogens with two attached hydrogens (primary N) is 2. The van der Waals surface area contributed by atoms with Gasteiger partial charge >= 0.3 is 0 Å². The minimum atomic E-state index is 0.873. The van der Waals surface area contributed by atoms with Crippen molar-refractivity contribution < 1.29 is 0 Å². The molecule has 0 unspecified atom stereocenters. The van der Waals surface area contributed by atoms with E-state index in [-0.39, 0.29) is 0 Å². The molecule has 1 aliphatic heterocycles. The molecular formula is C10H14N4. The van der Waals surface area contributed by atoms with Crippen LogP contribution in [0, 0.1) is 0 Å². The van der Waals surface area contributed by atoms with Gasteiger partial charge in [0, 0.05) is 25.5 Å². The second-order valence-corrected chi connectivity index (χ2v) is 3.27. The number of benzene rings is 1. The Morgan fingerprint density at radius 3 is 3.00 bits per heavy atom. The monoisotopic (exact) mass is 190 g/mol. The van der Waals surface area contributed by atoms with Crippen molar-refractivity contribution in [2.75, 3.05) is 5.01 Å². The molecule has 0 spiro atoms. The highest BCUT2D eigenvalue weighted by Crippen LogP contribution is 2.25. The van der Waals surface area contributed by atoms with E-state index in [0.29, 0.717) is 0 Å². The largest absolute Gasteiger partial charge is 0.403 e. The lowest BCUT2D eigenvalue weighted by Crippen LogP contribution is -2.25. The molecule has 74 valence electrons. The fraction of sp³-hybridized carbons (Fsp3) is 0.200. The lowest BCUT2D eigenvalue weighted by molar-refractivity contribution is 0.764. The van der Waals surface area contributed by atoms with Crippen LogP contribution < -0.4 is 21.9 Å². The maximum atomic E-state index is 5.82. The zero-order chi connectivity index (χ0) is 9.97. The highest BCUT2D eigenvalue weighted by atomic mass is 15.4. The van der Waals surface area contributed by atoms with E-state index in [4.69, 9.17) is 11.6 Å². The van der Waals surface area contributed by atoms with E-state index in [2.05, 4.69) is 11.4 Å². The summed E-state index contributed by atoms with van der Waals surface area (Å²) in [5, 5.41) is 4.83. The first kappa shape index (κ1) is 9.05. The average Bonchev–Trinajstić information content (AvgIpc) is 2.65. The summed E-state index contributed by atoms with van der Waals surface area (Å²) in [6.45, 7) is 1.79. The van der Waals surface area contributed by atoms with Crippen LogP contribution in [-0.2, 0) is 13.1 Å². The third kappa shape index (κ3) is 1.45. The van der Waals surface area contributed by atoms with Crippen molar-refractivity contribution in [3.63, 3.8) is 0 Å². The van der Waals surface area contributed by atoms with Crippen molar-refractivity contribution >= 4 is 5.69 Å². The Morgan fingerprint density at radius 1 is 1.36 bits per heavy atom. The van der Waals surface area contributed by atoms with E-state index in [1.54, 1.807) is 11.2 Å². The normalized spacial score (nSPS) is 14.6. The zero-order valence-electron chi connectivity index (χ0n) is 7.90. The van der Waals surface area contributed by atoms with E-state index >= 15 is 0 Å². The van der Waals surface area contributed by atoms with Gasteiger partial charge in [-0.1, -0.05) is 12.1 Å². The zero-order valence-corrected chi connectivity index (χ0v) is 7.90. The molecule has 2 rings (SSSR count). The summed E-state index contributed by atoms with van der Waals surface area (Å²) in [7, 11) is 0. The van der Waals surface area contributed by atoms with Crippen LogP contribution in [0.2, 0.25) is 0 Å². The Kier molecular flexibility index (Phi) is 2.39. The molecule has 0 aliphatic carbocycles. The molecule has 1 aromatic carbocycles. The Labute approximate surface area is 83.2 Å². The molecule has 14 heavy (non-hydrogen) atoms. The van der Waals surface area contributed by atoms with Crippen LogP contribution in [0.5, 0.6) is 0 Å². The summed E-state index contributed by atoms with van der Waals surface area (Å²) in [6.07, 6.45) is 3.08. The Balaban J connectivity index is 2.39. The standard InChI is InChI=1S/C10H14N4/c11-4-5-14(12)10-3-1-2-8-6-13-7-9(8)10/h1-5,13H,6-7,11-12H2/b5-4-. The topological polar surface area (TPSA) is 67.3 Å². The number of nitrogens with one attached hydrogen (secondary N) is 1. The van der Waals surface area contributed by atoms with Gasteiger partial charge in [-0.05, 0) is 17.2 Å². The number of fused-ring (bicyclic) bond motifs is 1. The molecule has 1 aromatic rings. The van der Waals surface area contributed by atoms with Gasteiger partial charge in [-0.2, -0.15) is 0 Å². The molecule has 1 heterocycles. The van der Waals surface area contributed by atoms with Gasteiger partial charge in [0.2, 0.25) is 0 Å². The van der Waals surface area contributed by atoms with Crippen LogP contribution in [0.15, 0.2) is 30.6 Å². The number of nitrogens with zero attached hydrogens (tertiary/aromatic N) is 1. The van der Waals surface area contributed by atoms with Gasteiger partial charge in [0.05, 0.1) is 5.69 Å². The van der Waals surface area contributed by atoms with Crippen molar-refractivity contribution in [1.82, 2.24) is 5.32 Å². The van der Waals surface area contributed by atoms with Gasteiger partial charge in [0.25, 0.3) is 0 Å². The van der Waals surface area contributed by atoms with Gasteiger partial charge < -0.3 is 11.1 Å². The smallest absolute Gasteiger partial charge is 0.0617 e. The summed E-state index contributed by atoms with van der Waals surface area (Å²) < 4.78 is 0. The van der Waals surface area contributed by atoms with E-state index in [9.17, 15) is 0 Å². The molecule has 1 aliphatic rings. The van der Waals surface area contributed by atoms with Crippen LogP contribution in [-0.4, -0.2) is 0 Å². The fourth-order valence-corrected chi connectivity index (χ4v) is 1.73. The minimum Gasteiger partial charge on any atom is -0.403 e. The number of hydrazine groups is 1. The molecule has 0 saturated carbocycles. The lowest BCUT2D eigenvalue weighted by Gasteiger charge is -2.16. The van der Waals surface area contributed by atoms with Gasteiger partial charge in [0.1, 0.15) is 0 Å². The molecule has 4 heteroatoms. The molecule has 0 radical (unpaired) electrons. The van der Waals surface area contributed by atoms with E-state index in [1.165, 1.54) is 17.3 Å². The molecule has 0 atom stereocenters. The van der Waals surface area contributed by atoms with E-state index in [1.807, 2.05) is 12.1 Å². The van der Waals surface area contributed by atoms with Crippen molar-refractivity contribution in [3.05, 3.63) is 41.7 Å². The van der Waals surface area contributed by atoms with Crippen LogP contribution in [0.25, 0.3) is 0 Å². The van der Waals surface area contributed by atoms with Crippen LogP contribution in [0.3, 0.4) is 0 Å². The van der Waals surface area contributed by atoms with Gasteiger partial charge in [-0.15, -0.1) is 0 Å². The van der Waals surface area contributed by atoms with E-state index in [0.717, 1.165) is 18.8 Å². The van der Waals surface area contributed by atoms with Crippen LogP contribution in [0.4, 0.5) is 5.69 Å². The molecule has 0 bridgehead atoms. The molecule has 0 fully saturated rings. The predicted octanol–water partition coefficient (Wildman–Crippen LogP) is 0.400. The van der Waals surface area contributed by atoms with Gasteiger partial charge in [-0.3, -0.25) is 5.01 Å². The number of hydrogen-bond donors (Lipinski definition) is 3. The van der Waals surface area contributed by atoms with Gasteiger partial charge in [-0.25, -0.2) is 5.84 Å². The Bertz CT molecular complexity index is 359. The van der Waals surface area contributed by atoms with Crippen LogP contribution >= 0.6 is 0 Å². The SMILES string of the molecule is N/C=C\N(N)c1cccc2c1CNC2. The number of anilines is 1. The first-order chi connectivity index (χ1) is 6.83. The number of rotatable bonds is 2. The molecular weight excluding hydrogens is 176 g/mol. The summed E-state index contributed by atoms with van der Waals surface area (Å²) in [6, 6.07) is 6.11. The van der Waals surface area contributed by atoms with Crippen molar-refractivity contribution in [1.29, 1.82) is 0 Å². The molecule has 0 amide bonds. The third-order valence-electron chi connectivity index (χ3n) is 2.39. The van der Waals surface area contributed by atoms with E-state index < -0.39 is 0 Å². The predicted molar refractivity (Wildman–Crippen MR) is 57.0 cm³/mol. The third-order valence-corrected chi connectivity index (χ3v) is 2.39. The quantitative estimate of drug-likeness (QED) is 0.466. The second-order valence-electron chi connectivity index (χ2n) is 3.27. The number of hydrogen-bond acceptors (Lipinski definition) is 4. The second kappa shape index (κ2) is 3.69. The summed E-state index contributed by atoms with van der Waals surface area (Å²) in [4.78, 5) is 0. The average molecular weight is 190 g/mol. The van der Waals surface area contributed by atoms with Crippen molar-refractivity contribution in [2.45, 2.75) is 13.1 Å². The Hall–Kier alpha value is -1.52. The van der Waals surface area contributed by atoms with Crippen molar-refractivity contribution in [3.8, 4) is 0 Å². The molecule has 5 N–H and O–H groups in total. The van der Waals surface area contributed by atoms with Gasteiger partial charge in [0.15, 0.2) is 0 Å². The fourth-order valence-electron chi connectivity index (χ4n) is 1.73. The minimum absolute atomic E-state index is 0.873. The summed E-state index contributed by atoms with van der Waals surface area (Å²) in [5.41, 5.74) is 8.87. The molecule has 4 nitrogen and oxygen atoms in total.